The molecule has 1 aromatic rings. The fraction of sp³-hybridized carbons (Fsp3) is 0.714. The quantitative estimate of drug-likeness (QED) is 0.618. The fourth-order valence-corrected chi connectivity index (χ4v) is 1.51. The highest BCUT2D eigenvalue weighted by atomic mass is 32.2. The molecule has 84 valence electrons. The van der Waals surface area contributed by atoms with Gasteiger partial charge in [0.15, 0.2) is 0 Å². The molecule has 0 saturated carbocycles. The fourth-order valence-electron chi connectivity index (χ4n) is 0.871. The molecule has 2 N–H and O–H groups in total. The van der Waals surface area contributed by atoms with Crippen LogP contribution >= 0.6 is 11.8 Å². The lowest BCUT2D eigenvalue weighted by Gasteiger charge is -2.09. The lowest BCUT2D eigenvalue weighted by atomic mass is 10.6. The highest BCUT2D eigenvalue weighted by Gasteiger charge is 2.07. The van der Waals surface area contributed by atoms with Crippen molar-refractivity contribution in [3.05, 3.63) is 0 Å². The molecular formula is C7H14N6OS. The first-order chi connectivity index (χ1) is 7.09. The zero-order chi connectivity index (χ0) is 11.3. The largest absolute Gasteiger partial charge is 0.369 e. The lowest BCUT2D eigenvalue weighted by molar-refractivity contribution is -0.115. The maximum atomic E-state index is 10.6. The van der Waals surface area contributed by atoms with Gasteiger partial charge in [-0.2, -0.15) is 0 Å². The topological polar surface area (TPSA) is 89.9 Å². The molecule has 0 fully saturated rings. The Morgan fingerprint density at radius 1 is 1.60 bits per heavy atom. The van der Waals surface area contributed by atoms with Crippen molar-refractivity contribution < 1.29 is 4.79 Å². The van der Waals surface area contributed by atoms with E-state index >= 15 is 0 Å². The highest BCUT2D eigenvalue weighted by molar-refractivity contribution is 7.99. The van der Waals surface area contributed by atoms with Crippen LogP contribution in [0.1, 0.15) is 0 Å². The minimum absolute atomic E-state index is 0.197. The number of rotatable bonds is 6. The number of carbonyl (C=O) groups excluding carboxylic acids is 1. The Kier molecular flexibility index (Phi) is 4.50. The SMILES string of the molecule is CN(C)CCn1nnnc1SCC(N)=O. The molecule has 0 atom stereocenters. The van der Waals surface area contributed by atoms with E-state index in [-0.39, 0.29) is 11.7 Å². The van der Waals surface area contributed by atoms with E-state index in [1.54, 1.807) is 4.68 Å². The summed E-state index contributed by atoms with van der Waals surface area (Å²) >= 11 is 1.25. The molecule has 0 unspecified atom stereocenters. The van der Waals surface area contributed by atoms with Crippen molar-refractivity contribution in [1.29, 1.82) is 0 Å². The first-order valence-corrected chi connectivity index (χ1v) is 5.40. The average Bonchev–Trinajstić information content (AvgIpc) is 2.58. The first-order valence-electron chi connectivity index (χ1n) is 4.41. The zero-order valence-electron chi connectivity index (χ0n) is 8.75. The maximum absolute atomic E-state index is 10.6. The van der Waals surface area contributed by atoms with Gasteiger partial charge in [0.25, 0.3) is 0 Å². The standard InChI is InChI=1S/C7H14N6OS/c1-12(2)3-4-13-7(9-10-11-13)15-5-6(8)14/h3-5H2,1-2H3,(H2,8,14). The molecule has 0 aliphatic heterocycles. The van der Waals surface area contributed by atoms with Crippen LogP contribution in [-0.2, 0) is 11.3 Å². The van der Waals surface area contributed by atoms with Gasteiger partial charge in [0, 0.05) is 6.54 Å². The zero-order valence-corrected chi connectivity index (χ0v) is 9.57. The van der Waals surface area contributed by atoms with Crippen LogP contribution in [-0.4, -0.2) is 57.4 Å². The molecule has 1 amide bonds. The second-order valence-corrected chi connectivity index (χ2v) is 4.19. The smallest absolute Gasteiger partial charge is 0.227 e. The van der Waals surface area contributed by atoms with Crippen LogP contribution in [0.4, 0.5) is 0 Å². The molecule has 7 nitrogen and oxygen atoms in total. The van der Waals surface area contributed by atoms with Crippen LogP contribution in [0, 0.1) is 0 Å². The highest BCUT2D eigenvalue weighted by Crippen LogP contribution is 2.12. The molecule has 0 spiro atoms. The number of carbonyl (C=O) groups is 1. The molecule has 0 aliphatic rings. The minimum Gasteiger partial charge on any atom is -0.369 e. The van der Waals surface area contributed by atoms with Crippen LogP contribution in [0.25, 0.3) is 0 Å². The molecule has 0 saturated heterocycles. The third-order valence-electron chi connectivity index (χ3n) is 1.60. The van der Waals surface area contributed by atoms with E-state index in [0.717, 1.165) is 6.54 Å². The number of amides is 1. The number of primary amides is 1. The third kappa shape index (κ3) is 4.26. The summed E-state index contributed by atoms with van der Waals surface area (Å²) in [5.74, 6) is -0.176. The van der Waals surface area contributed by atoms with E-state index in [4.69, 9.17) is 5.73 Å². The van der Waals surface area contributed by atoms with E-state index in [1.165, 1.54) is 11.8 Å². The van der Waals surface area contributed by atoms with Gasteiger partial charge in [-0.15, -0.1) is 5.10 Å². The molecule has 0 aliphatic carbocycles. The van der Waals surface area contributed by atoms with Gasteiger partial charge in [-0.3, -0.25) is 4.79 Å². The minimum atomic E-state index is -0.373. The molecule has 0 bridgehead atoms. The first kappa shape index (κ1) is 11.9. The van der Waals surface area contributed by atoms with Gasteiger partial charge < -0.3 is 10.6 Å². The van der Waals surface area contributed by atoms with Crippen molar-refractivity contribution in [1.82, 2.24) is 25.1 Å². The Morgan fingerprint density at radius 2 is 2.33 bits per heavy atom. The molecule has 1 aromatic heterocycles. The number of thioether (sulfide) groups is 1. The van der Waals surface area contributed by atoms with Crippen molar-refractivity contribution in [3.8, 4) is 0 Å². The summed E-state index contributed by atoms with van der Waals surface area (Å²) in [5, 5.41) is 11.8. The Bertz CT molecular complexity index is 325. The molecule has 0 radical (unpaired) electrons. The average molecular weight is 230 g/mol. The molecular weight excluding hydrogens is 216 g/mol. The summed E-state index contributed by atoms with van der Waals surface area (Å²) < 4.78 is 1.66. The third-order valence-corrected chi connectivity index (χ3v) is 2.58. The number of hydrogen-bond acceptors (Lipinski definition) is 6. The van der Waals surface area contributed by atoms with Crippen LogP contribution in [0.5, 0.6) is 0 Å². The Hall–Kier alpha value is -1.15. The van der Waals surface area contributed by atoms with Crippen LogP contribution in [0.15, 0.2) is 5.16 Å². The lowest BCUT2D eigenvalue weighted by Crippen LogP contribution is -2.20. The van der Waals surface area contributed by atoms with Gasteiger partial charge in [0.05, 0.1) is 12.3 Å². The molecule has 8 heteroatoms. The number of tetrazole rings is 1. The number of likely N-dealkylation sites (N-methyl/N-ethyl adjacent to an activating group) is 1. The van der Waals surface area contributed by atoms with E-state index in [9.17, 15) is 4.79 Å². The van der Waals surface area contributed by atoms with Gasteiger partial charge in [0.1, 0.15) is 0 Å². The predicted molar refractivity (Wildman–Crippen MR) is 56.3 cm³/mol. The summed E-state index contributed by atoms with van der Waals surface area (Å²) in [6.07, 6.45) is 0. The van der Waals surface area contributed by atoms with Crippen molar-refractivity contribution in [2.24, 2.45) is 5.73 Å². The number of aromatic nitrogens is 4. The normalized spacial score (nSPS) is 10.9. The van der Waals surface area contributed by atoms with E-state index < -0.39 is 0 Å². The molecule has 1 rings (SSSR count). The summed E-state index contributed by atoms with van der Waals surface area (Å²) in [5.41, 5.74) is 5.04. The Morgan fingerprint density at radius 3 is 2.93 bits per heavy atom. The van der Waals surface area contributed by atoms with Gasteiger partial charge in [-0.05, 0) is 24.5 Å². The summed E-state index contributed by atoms with van der Waals surface area (Å²) in [6.45, 7) is 1.54. The van der Waals surface area contributed by atoms with E-state index in [1.807, 2.05) is 19.0 Å². The Labute approximate surface area is 92.0 Å². The van der Waals surface area contributed by atoms with Crippen LogP contribution in [0.3, 0.4) is 0 Å². The number of hydrogen-bond donors (Lipinski definition) is 1. The number of nitrogens with zero attached hydrogens (tertiary/aromatic N) is 5. The monoisotopic (exact) mass is 230 g/mol. The second kappa shape index (κ2) is 5.66. The van der Waals surface area contributed by atoms with Gasteiger partial charge in [-0.1, -0.05) is 11.8 Å². The summed E-state index contributed by atoms with van der Waals surface area (Å²) in [6, 6.07) is 0. The van der Waals surface area contributed by atoms with Crippen molar-refractivity contribution >= 4 is 17.7 Å². The summed E-state index contributed by atoms with van der Waals surface area (Å²) in [4.78, 5) is 12.6. The van der Waals surface area contributed by atoms with Crippen molar-refractivity contribution in [2.75, 3.05) is 26.4 Å². The van der Waals surface area contributed by atoms with E-state index in [2.05, 4.69) is 15.5 Å². The van der Waals surface area contributed by atoms with Crippen LogP contribution in [0.2, 0.25) is 0 Å². The molecule has 1 heterocycles. The predicted octanol–water partition coefficient (Wildman–Crippen LogP) is -1.19. The Balaban J connectivity index is 2.49. The second-order valence-electron chi connectivity index (χ2n) is 3.24. The van der Waals surface area contributed by atoms with E-state index in [0.29, 0.717) is 11.7 Å². The van der Waals surface area contributed by atoms with Gasteiger partial charge in [-0.25, -0.2) is 4.68 Å². The molecule has 15 heavy (non-hydrogen) atoms. The molecule has 0 aromatic carbocycles. The van der Waals surface area contributed by atoms with Gasteiger partial charge >= 0.3 is 0 Å². The van der Waals surface area contributed by atoms with Crippen LogP contribution < -0.4 is 5.73 Å². The van der Waals surface area contributed by atoms with Crippen molar-refractivity contribution in [2.45, 2.75) is 11.7 Å². The number of nitrogens with two attached hydrogens (primary N) is 1. The summed E-state index contributed by atoms with van der Waals surface area (Å²) in [7, 11) is 3.95. The van der Waals surface area contributed by atoms with Gasteiger partial charge in [0.2, 0.25) is 11.1 Å². The maximum Gasteiger partial charge on any atom is 0.227 e. The van der Waals surface area contributed by atoms with Crippen molar-refractivity contribution in [3.63, 3.8) is 0 Å².